The second-order valence-electron chi connectivity index (χ2n) is 8.25. The number of amides is 1. The first-order valence-electron chi connectivity index (χ1n) is 10.9. The highest BCUT2D eigenvalue weighted by molar-refractivity contribution is 7.18. The van der Waals surface area contributed by atoms with Crippen LogP contribution in [0.25, 0.3) is 10.2 Å². The molecule has 5 rings (SSSR count). The van der Waals surface area contributed by atoms with E-state index in [4.69, 9.17) is 4.98 Å². The van der Waals surface area contributed by atoms with Gasteiger partial charge in [0.2, 0.25) is 5.91 Å². The van der Waals surface area contributed by atoms with Crippen LogP contribution in [0.3, 0.4) is 0 Å². The van der Waals surface area contributed by atoms with Gasteiger partial charge in [0.15, 0.2) is 0 Å². The van der Waals surface area contributed by atoms with Crippen molar-refractivity contribution in [3.63, 3.8) is 0 Å². The van der Waals surface area contributed by atoms with Crippen LogP contribution in [0.4, 0.5) is 5.69 Å². The van der Waals surface area contributed by atoms with Crippen molar-refractivity contribution in [1.82, 2.24) is 14.8 Å². The first kappa shape index (κ1) is 19.7. The van der Waals surface area contributed by atoms with Crippen molar-refractivity contribution < 1.29 is 4.79 Å². The number of carbonyl (C=O) groups excluding carboxylic acids is 1. The largest absolute Gasteiger partial charge is 0.312 e. The Labute approximate surface area is 181 Å². The summed E-state index contributed by atoms with van der Waals surface area (Å²) in [6.45, 7) is 8.02. The third-order valence-electron chi connectivity index (χ3n) is 6.45. The first-order valence-corrected chi connectivity index (χ1v) is 11.7. The molecule has 156 valence electrons. The first-order chi connectivity index (χ1) is 14.7. The summed E-state index contributed by atoms with van der Waals surface area (Å²) in [6.07, 6.45) is 1.58. The molecule has 0 aliphatic carbocycles. The van der Waals surface area contributed by atoms with Crippen LogP contribution in [0.1, 0.15) is 30.0 Å². The Morgan fingerprint density at radius 2 is 1.80 bits per heavy atom. The fraction of sp³-hybridized carbons (Fsp3) is 0.417. The molecule has 3 aromatic rings. The highest BCUT2D eigenvalue weighted by Crippen LogP contribution is 2.30. The van der Waals surface area contributed by atoms with E-state index in [1.165, 1.54) is 15.3 Å². The van der Waals surface area contributed by atoms with E-state index in [0.717, 1.165) is 56.9 Å². The fourth-order valence-electron chi connectivity index (χ4n) is 4.59. The molecule has 1 saturated heterocycles. The standard InChI is InChI=1S/C24H28N4OS/c1-18(24-25-20-7-3-5-9-22(20)30-24)27-16-14-26(15-17-27)12-11-23(29)28-13-10-19-6-2-4-8-21(19)28/h2-9,18H,10-17H2,1H3. The van der Waals surface area contributed by atoms with Gasteiger partial charge in [-0.1, -0.05) is 30.3 Å². The molecule has 1 amide bonds. The fourth-order valence-corrected chi connectivity index (χ4v) is 5.64. The molecule has 3 heterocycles. The molecule has 2 aromatic carbocycles. The lowest BCUT2D eigenvalue weighted by molar-refractivity contribution is -0.119. The molecule has 0 radical (unpaired) electrons. The van der Waals surface area contributed by atoms with E-state index in [1.54, 1.807) is 11.3 Å². The number of aromatic nitrogens is 1. The van der Waals surface area contributed by atoms with Crippen molar-refractivity contribution in [2.24, 2.45) is 0 Å². The predicted octanol–water partition coefficient (Wildman–Crippen LogP) is 3.95. The van der Waals surface area contributed by atoms with Gasteiger partial charge in [-0.3, -0.25) is 9.69 Å². The number of hydrogen-bond acceptors (Lipinski definition) is 5. The van der Waals surface area contributed by atoms with Crippen LogP contribution >= 0.6 is 11.3 Å². The van der Waals surface area contributed by atoms with Gasteiger partial charge in [0.05, 0.1) is 16.3 Å². The van der Waals surface area contributed by atoms with Gasteiger partial charge in [0.25, 0.3) is 0 Å². The van der Waals surface area contributed by atoms with Crippen LogP contribution in [0.2, 0.25) is 0 Å². The summed E-state index contributed by atoms with van der Waals surface area (Å²) in [7, 11) is 0. The topological polar surface area (TPSA) is 39.7 Å². The minimum Gasteiger partial charge on any atom is -0.312 e. The predicted molar refractivity (Wildman–Crippen MR) is 123 cm³/mol. The summed E-state index contributed by atoms with van der Waals surface area (Å²) in [5.74, 6) is 0.255. The van der Waals surface area contributed by atoms with Crippen LogP contribution in [0.5, 0.6) is 0 Å². The lowest BCUT2D eigenvalue weighted by Gasteiger charge is -2.37. The maximum absolute atomic E-state index is 12.8. The molecule has 1 aromatic heterocycles. The third kappa shape index (κ3) is 3.87. The van der Waals surface area contributed by atoms with E-state index in [1.807, 2.05) is 11.0 Å². The highest BCUT2D eigenvalue weighted by atomic mass is 32.1. The number of carbonyl (C=O) groups is 1. The van der Waals surface area contributed by atoms with Crippen molar-refractivity contribution in [2.45, 2.75) is 25.8 Å². The van der Waals surface area contributed by atoms with E-state index in [-0.39, 0.29) is 5.91 Å². The Morgan fingerprint density at radius 3 is 2.63 bits per heavy atom. The normalized spacial score (nSPS) is 18.6. The summed E-state index contributed by atoms with van der Waals surface area (Å²) in [4.78, 5) is 24.5. The lowest BCUT2D eigenvalue weighted by atomic mass is 10.2. The number of fused-ring (bicyclic) bond motifs is 2. The average molecular weight is 421 g/mol. The maximum atomic E-state index is 12.8. The van der Waals surface area contributed by atoms with E-state index >= 15 is 0 Å². The average Bonchev–Trinajstić information content (AvgIpc) is 3.42. The molecular weight excluding hydrogens is 392 g/mol. The van der Waals surface area contributed by atoms with Crippen LogP contribution in [0, 0.1) is 0 Å². The van der Waals surface area contributed by atoms with Gasteiger partial charge < -0.3 is 9.80 Å². The van der Waals surface area contributed by atoms with E-state index in [0.29, 0.717) is 12.5 Å². The number of piperazine rings is 1. The number of benzene rings is 2. The molecule has 5 nitrogen and oxygen atoms in total. The van der Waals surface area contributed by atoms with Gasteiger partial charge >= 0.3 is 0 Å². The second kappa shape index (κ2) is 8.46. The Kier molecular flexibility index (Phi) is 5.54. The molecular formula is C24H28N4OS. The van der Waals surface area contributed by atoms with Crippen molar-refractivity contribution in [3.8, 4) is 0 Å². The van der Waals surface area contributed by atoms with Crippen LogP contribution in [-0.4, -0.2) is 60.0 Å². The SMILES string of the molecule is CC(c1nc2ccccc2s1)N1CCN(CCC(=O)N2CCc3ccccc32)CC1. The molecule has 1 unspecified atom stereocenters. The number of anilines is 1. The van der Waals surface area contributed by atoms with Gasteiger partial charge in [-0.15, -0.1) is 11.3 Å². The van der Waals surface area contributed by atoms with Crippen LogP contribution < -0.4 is 4.90 Å². The van der Waals surface area contributed by atoms with Gasteiger partial charge in [0, 0.05) is 51.4 Å². The minimum absolute atomic E-state index is 0.255. The maximum Gasteiger partial charge on any atom is 0.228 e. The Morgan fingerprint density at radius 1 is 1.03 bits per heavy atom. The van der Waals surface area contributed by atoms with Gasteiger partial charge in [-0.25, -0.2) is 4.98 Å². The zero-order valence-electron chi connectivity index (χ0n) is 17.5. The van der Waals surface area contributed by atoms with Crippen LogP contribution in [-0.2, 0) is 11.2 Å². The van der Waals surface area contributed by atoms with E-state index < -0.39 is 0 Å². The molecule has 2 aliphatic rings. The van der Waals surface area contributed by atoms with Crippen molar-refractivity contribution in [2.75, 3.05) is 44.2 Å². The summed E-state index contributed by atoms with van der Waals surface area (Å²) in [5, 5.41) is 1.20. The van der Waals surface area contributed by atoms with E-state index in [2.05, 4.69) is 59.2 Å². The second-order valence-corrected chi connectivity index (χ2v) is 9.31. The molecule has 0 N–H and O–H groups in total. The number of thiazole rings is 1. The Balaban J connectivity index is 1.12. The molecule has 1 fully saturated rings. The van der Waals surface area contributed by atoms with Crippen molar-refractivity contribution in [3.05, 3.63) is 59.1 Å². The lowest BCUT2D eigenvalue weighted by Crippen LogP contribution is -2.48. The molecule has 1 atom stereocenters. The number of hydrogen-bond donors (Lipinski definition) is 0. The Hall–Kier alpha value is -2.28. The monoisotopic (exact) mass is 420 g/mol. The van der Waals surface area contributed by atoms with Gasteiger partial charge in [-0.2, -0.15) is 0 Å². The van der Waals surface area contributed by atoms with Crippen LogP contribution in [0.15, 0.2) is 48.5 Å². The molecule has 0 saturated carbocycles. The zero-order valence-corrected chi connectivity index (χ0v) is 18.3. The summed E-state index contributed by atoms with van der Waals surface area (Å²) < 4.78 is 1.26. The molecule has 0 spiro atoms. The van der Waals surface area contributed by atoms with Crippen molar-refractivity contribution >= 4 is 33.1 Å². The number of para-hydroxylation sites is 2. The third-order valence-corrected chi connectivity index (χ3v) is 7.66. The summed E-state index contributed by atoms with van der Waals surface area (Å²) in [5.41, 5.74) is 3.50. The quantitative estimate of drug-likeness (QED) is 0.627. The molecule has 2 aliphatic heterocycles. The summed E-state index contributed by atoms with van der Waals surface area (Å²) in [6, 6.07) is 17.0. The summed E-state index contributed by atoms with van der Waals surface area (Å²) >= 11 is 1.81. The van der Waals surface area contributed by atoms with Crippen molar-refractivity contribution in [1.29, 1.82) is 0 Å². The highest BCUT2D eigenvalue weighted by Gasteiger charge is 2.27. The van der Waals surface area contributed by atoms with E-state index in [9.17, 15) is 4.79 Å². The number of nitrogens with zero attached hydrogens (tertiary/aromatic N) is 4. The molecule has 0 bridgehead atoms. The minimum atomic E-state index is 0.255. The smallest absolute Gasteiger partial charge is 0.228 e. The molecule has 6 heteroatoms. The Bertz CT molecular complexity index is 1010. The number of rotatable bonds is 5. The zero-order chi connectivity index (χ0) is 20.5. The molecule has 30 heavy (non-hydrogen) atoms. The van der Waals surface area contributed by atoms with Gasteiger partial charge in [-0.05, 0) is 37.1 Å². The van der Waals surface area contributed by atoms with Gasteiger partial charge in [0.1, 0.15) is 5.01 Å².